The Hall–Kier alpha value is -0.330. The van der Waals surface area contributed by atoms with Crippen molar-refractivity contribution in [1.29, 1.82) is 0 Å². The highest BCUT2D eigenvalue weighted by Gasteiger charge is 2.17. The molecule has 2 N–H and O–H groups in total. The molecule has 0 radical (unpaired) electrons. The van der Waals surface area contributed by atoms with Crippen LogP contribution < -0.4 is 10.0 Å². The highest BCUT2D eigenvalue weighted by atomic mass is 35.5. The lowest BCUT2D eigenvalue weighted by molar-refractivity contribution is 0.519. The molecule has 1 aliphatic heterocycles. The molecule has 1 aromatic carbocycles. The first-order valence-corrected chi connectivity index (χ1v) is 8.32. The van der Waals surface area contributed by atoms with Gasteiger partial charge in [-0.2, -0.15) is 0 Å². The Kier molecular flexibility index (Phi) is 6.75. The van der Waals surface area contributed by atoms with Gasteiger partial charge in [0.25, 0.3) is 0 Å². The molecule has 0 aliphatic carbocycles. The van der Waals surface area contributed by atoms with E-state index in [0.717, 1.165) is 31.5 Å². The molecule has 1 atom stereocenters. The van der Waals surface area contributed by atoms with Gasteiger partial charge >= 0.3 is 0 Å². The molecule has 0 aromatic heterocycles. The molecule has 0 saturated carbocycles. The van der Waals surface area contributed by atoms with Crippen LogP contribution in [0.15, 0.2) is 23.1 Å². The normalized spacial score (nSPS) is 18.8. The van der Waals surface area contributed by atoms with Crippen molar-refractivity contribution in [1.82, 2.24) is 10.0 Å². The number of hydrogen-bond acceptors (Lipinski definition) is 3. The number of nitrogens with one attached hydrogen (secondary N) is 2. The van der Waals surface area contributed by atoms with E-state index in [9.17, 15) is 8.42 Å². The molecule has 1 aliphatic rings. The second-order valence-corrected chi connectivity index (χ2v) is 7.13. The van der Waals surface area contributed by atoms with Crippen molar-refractivity contribution in [2.75, 3.05) is 19.6 Å². The molecule has 0 bridgehead atoms. The zero-order chi connectivity index (χ0) is 13.9. The lowest BCUT2D eigenvalue weighted by Crippen LogP contribution is -2.26. The summed E-state index contributed by atoms with van der Waals surface area (Å²) in [6.45, 7) is 4.34. The van der Waals surface area contributed by atoms with Crippen molar-refractivity contribution in [3.63, 3.8) is 0 Å². The van der Waals surface area contributed by atoms with Crippen LogP contribution >= 0.6 is 24.0 Å². The molecular formula is C13H20Cl2N2O2S. The van der Waals surface area contributed by atoms with E-state index in [1.807, 2.05) is 6.92 Å². The van der Waals surface area contributed by atoms with Gasteiger partial charge in [-0.05, 0) is 56.5 Å². The van der Waals surface area contributed by atoms with Gasteiger partial charge in [0.2, 0.25) is 10.0 Å². The van der Waals surface area contributed by atoms with E-state index >= 15 is 0 Å². The Bertz CT molecular complexity index is 543. The lowest BCUT2D eigenvalue weighted by atomic mass is 10.1. The van der Waals surface area contributed by atoms with Gasteiger partial charge in [-0.3, -0.25) is 0 Å². The summed E-state index contributed by atoms with van der Waals surface area (Å²) < 4.78 is 26.8. The second-order valence-electron chi connectivity index (χ2n) is 4.96. The Balaban J connectivity index is 0.00000200. The summed E-state index contributed by atoms with van der Waals surface area (Å²) >= 11 is 5.96. The van der Waals surface area contributed by atoms with E-state index in [1.165, 1.54) is 6.07 Å². The fourth-order valence-electron chi connectivity index (χ4n) is 2.18. The van der Waals surface area contributed by atoms with Crippen molar-refractivity contribution >= 4 is 34.0 Å². The Morgan fingerprint density at radius 1 is 1.45 bits per heavy atom. The first-order valence-electron chi connectivity index (χ1n) is 6.45. The van der Waals surface area contributed by atoms with E-state index in [0.29, 0.717) is 17.5 Å². The second kappa shape index (κ2) is 7.61. The fourth-order valence-corrected chi connectivity index (χ4v) is 3.50. The monoisotopic (exact) mass is 338 g/mol. The van der Waals surface area contributed by atoms with E-state index in [1.54, 1.807) is 12.1 Å². The molecule has 1 heterocycles. The lowest BCUT2D eigenvalue weighted by Gasteiger charge is -2.10. The number of benzene rings is 1. The average molecular weight is 339 g/mol. The summed E-state index contributed by atoms with van der Waals surface area (Å²) in [4.78, 5) is 0.229. The largest absolute Gasteiger partial charge is 0.316 e. The van der Waals surface area contributed by atoms with Crippen molar-refractivity contribution in [3.05, 3.63) is 28.8 Å². The third-order valence-corrected chi connectivity index (χ3v) is 5.33. The number of sulfonamides is 1. The van der Waals surface area contributed by atoms with Gasteiger partial charge in [0, 0.05) is 11.6 Å². The molecule has 114 valence electrons. The van der Waals surface area contributed by atoms with Crippen LogP contribution in [0.4, 0.5) is 0 Å². The highest BCUT2D eigenvalue weighted by Crippen LogP contribution is 2.20. The zero-order valence-electron chi connectivity index (χ0n) is 11.4. The summed E-state index contributed by atoms with van der Waals surface area (Å²) in [5.74, 6) is 0.573. The predicted molar refractivity (Wildman–Crippen MR) is 84.2 cm³/mol. The Morgan fingerprint density at radius 2 is 2.20 bits per heavy atom. The molecular weight excluding hydrogens is 319 g/mol. The number of hydrogen-bond donors (Lipinski definition) is 2. The highest BCUT2D eigenvalue weighted by molar-refractivity contribution is 7.89. The molecule has 0 amide bonds. The van der Waals surface area contributed by atoms with Crippen molar-refractivity contribution in [3.8, 4) is 0 Å². The van der Waals surface area contributed by atoms with Gasteiger partial charge in [-0.1, -0.05) is 17.7 Å². The van der Waals surface area contributed by atoms with Crippen LogP contribution in [0.3, 0.4) is 0 Å². The maximum Gasteiger partial charge on any atom is 0.240 e. The number of aryl methyl sites for hydroxylation is 1. The topological polar surface area (TPSA) is 58.2 Å². The minimum Gasteiger partial charge on any atom is -0.316 e. The summed E-state index contributed by atoms with van der Waals surface area (Å²) in [6.07, 6.45) is 1.99. The minimum absolute atomic E-state index is 0. The smallest absolute Gasteiger partial charge is 0.240 e. The molecule has 0 spiro atoms. The van der Waals surface area contributed by atoms with Gasteiger partial charge in [0.15, 0.2) is 0 Å². The number of rotatable bonds is 5. The average Bonchev–Trinajstić information content (AvgIpc) is 2.85. The molecule has 1 saturated heterocycles. The molecule has 1 fully saturated rings. The van der Waals surface area contributed by atoms with Gasteiger partial charge in [0.05, 0.1) is 4.90 Å². The van der Waals surface area contributed by atoms with Crippen LogP contribution in [-0.2, 0) is 10.0 Å². The van der Waals surface area contributed by atoms with Gasteiger partial charge in [-0.15, -0.1) is 12.4 Å². The minimum atomic E-state index is -3.45. The third kappa shape index (κ3) is 4.60. The molecule has 1 aromatic rings. The van der Waals surface area contributed by atoms with E-state index in [4.69, 9.17) is 11.6 Å². The summed E-state index contributed by atoms with van der Waals surface area (Å²) in [6, 6.07) is 4.80. The zero-order valence-corrected chi connectivity index (χ0v) is 13.7. The van der Waals surface area contributed by atoms with Crippen LogP contribution in [0.1, 0.15) is 18.4 Å². The maximum absolute atomic E-state index is 12.1. The third-order valence-electron chi connectivity index (χ3n) is 3.46. The van der Waals surface area contributed by atoms with Crippen LogP contribution in [0.5, 0.6) is 0 Å². The van der Waals surface area contributed by atoms with Crippen LogP contribution in [0, 0.1) is 12.8 Å². The Morgan fingerprint density at radius 3 is 2.80 bits per heavy atom. The SMILES string of the molecule is Cc1ccc(S(=O)(=O)NCCC2CCNC2)cc1Cl.Cl. The van der Waals surface area contributed by atoms with Crippen LogP contribution in [-0.4, -0.2) is 28.1 Å². The van der Waals surface area contributed by atoms with Crippen molar-refractivity contribution in [2.45, 2.75) is 24.7 Å². The standard InChI is InChI=1S/C13H19ClN2O2S.ClH/c1-10-2-3-12(8-13(10)14)19(17,18)16-7-5-11-4-6-15-9-11;/h2-3,8,11,15-16H,4-7,9H2,1H3;1H. The molecule has 2 rings (SSSR count). The van der Waals surface area contributed by atoms with E-state index in [-0.39, 0.29) is 17.3 Å². The molecule has 7 heteroatoms. The van der Waals surface area contributed by atoms with Crippen LogP contribution in [0.25, 0.3) is 0 Å². The summed E-state index contributed by atoms with van der Waals surface area (Å²) in [7, 11) is -3.45. The first kappa shape index (κ1) is 17.7. The van der Waals surface area contributed by atoms with Crippen LogP contribution in [0.2, 0.25) is 5.02 Å². The van der Waals surface area contributed by atoms with Gasteiger partial charge < -0.3 is 5.32 Å². The maximum atomic E-state index is 12.1. The van der Waals surface area contributed by atoms with Crippen molar-refractivity contribution in [2.24, 2.45) is 5.92 Å². The Labute approximate surface area is 131 Å². The van der Waals surface area contributed by atoms with Gasteiger partial charge in [0.1, 0.15) is 0 Å². The molecule has 1 unspecified atom stereocenters. The molecule has 20 heavy (non-hydrogen) atoms. The quantitative estimate of drug-likeness (QED) is 0.866. The first-order chi connectivity index (χ1) is 8.99. The van der Waals surface area contributed by atoms with Crippen molar-refractivity contribution < 1.29 is 8.42 Å². The van der Waals surface area contributed by atoms with Gasteiger partial charge in [-0.25, -0.2) is 13.1 Å². The summed E-state index contributed by atoms with van der Waals surface area (Å²) in [5.41, 5.74) is 0.873. The predicted octanol–water partition coefficient (Wildman–Crippen LogP) is 2.35. The van der Waals surface area contributed by atoms with E-state index in [2.05, 4.69) is 10.0 Å². The number of halogens is 2. The molecule has 4 nitrogen and oxygen atoms in total. The summed E-state index contributed by atoms with van der Waals surface area (Å²) in [5, 5.41) is 3.75. The fraction of sp³-hybridized carbons (Fsp3) is 0.538. The van der Waals surface area contributed by atoms with E-state index < -0.39 is 10.0 Å².